The van der Waals surface area contributed by atoms with Crippen LogP contribution in [0.5, 0.6) is 0 Å². The Morgan fingerprint density at radius 2 is 2.00 bits per heavy atom. The van der Waals surface area contributed by atoms with Gasteiger partial charge in [-0.25, -0.2) is 8.42 Å². The van der Waals surface area contributed by atoms with Gasteiger partial charge in [-0.3, -0.25) is 4.79 Å². The number of carbonyl (C=O) groups is 1. The summed E-state index contributed by atoms with van der Waals surface area (Å²) >= 11 is 0. The number of rotatable bonds is 5. The average Bonchev–Trinajstić information content (AvgIpc) is 2.73. The van der Waals surface area contributed by atoms with Crippen molar-refractivity contribution in [2.45, 2.75) is 40.2 Å². The highest BCUT2D eigenvalue weighted by molar-refractivity contribution is 7.91. The quantitative estimate of drug-likeness (QED) is 0.730. The largest absolute Gasteiger partial charge is 0.335 e. The van der Waals surface area contributed by atoms with Crippen LogP contribution in [0, 0.1) is 17.3 Å². The van der Waals surface area contributed by atoms with Gasteiger partial charge < -0.3 is 4.90 Å². The van der Waals surface area contributed by atoms with Crippen molar-refractivity contribution in [2.75, 3.05) is 18.1 Å². The third-order valence-electron chi connectivity index (χ3n) is 4.95. The maximum Gasteiger partial charge on any atom is 0.227 e. The normalized spacial score (nSPS) is 31.4. The van der Waals surface area contributed by atoms with Gasteiger partial charge in [0.25, 0.3) is 0 Å². The van der Waals surface area contributed by atoms with Crippen LogP contribution in [0.25, 0.3) is 0 Å². The molecule has 22 heavy (non-hydrogen) atoms. The molecule has 4 nitrogen and oxygen atoms in total. The molecule has 3 atom stereocenters. The Morgan fingerprint density at radius 1 is 1.36 bits per heavy atom. The Balaban J connectivity index is 2.18. The summed E-state index contributed by atoms with van der Waals surface area (Å²) < 4.78 is 23.4. The van der Waals surface area contributed by atoms with E-state index in [0.717, 1.165) is 0 Å². The first-order valence-corrected chi connectivity index (χ1v) is 9.69. The number of hydrogen-bond acceptors (Lipinski definition) is 3. The van der Waals surface area contributed by atoms with Gasteiger partial charge in [0, 0.05) is 12.6 Å². The minimum Gasteiger partial charge on any atom is -0.335 e. The Bertz CT molecular complexity index is 599. The van der Waals surface area contributed by atoms with Gasteiger partial charge in [-0.2, -0.15) is 0 Å². The van der Waals surface area contributed by atoms with E-state index in [9.17, 15) is 13.2 Å². The fourth-order valence-electron chi connectivity index (χ4n) is 3.58. The van der Waals surface area contributed by atoms with E-state index in [1.54, 1.807) is 11.0 Å². The second-order valence-electron chi connectivity index (χ2n) is 7.40. The molecule has 1 aliphatic heterocycles. The van der Waals surface area contributed by atoms with Gasteiger partial charge in [0.2, 0.25) is 5.91 Å². The molecular formula is C17H27NO3S. The molecule has 0 aromatic carbocycles. The molecule has 124 valence electrons. The molecule has 0 spiro atoms. The van der Waals surface area contributed by atoms with E-state index < -0.39 is 9.84 Å². The van der Waals surface area contributed by atoms with Crippen LogP contribution in [0.3, 0.4) is 0 Å². The zero-order chi connectivity index (χ0) is 16.7. The van der Waals surface area contributed by atoms with E-state index in [-0.39, 0.29) is 40.7 Å². The molecule has 2 aliphatic rings. The van der Waals surface area contributed by atoms with Crippen molar-refractivity contribution in [2.24, 2.45) is 17.3 Å². The molecule has 5 heteroatoms. The Hall–Kier alpha value is -1.10. The van der Waals surface area contributed by atoms with Gasteiger partial charge in [0.1, 0.15) is 0 Å². The Kier molecular flexibility index (Phi) is 4.58. The third-order valence-corrected chi connectivity index (χ3v) is 6.70. The van der Waals surface area contributed by atoms with E-state index in [1.807, 2.05) is 13.8 Å². The molecule has 0 radical (unpaired) electrons. The van der Waals surface area contributed by atoms with Crippen LogP contribution in [-0.2, 0) is 14.6 Å². The average molecular weight is 325 g/mol. The monoisotopic (exact) mass is 325 g/mol. The van der Waals surface area contributed by atoms with Crippen molar-refractivity contribution in [1.29, 1.82) is 0 Å². The topological polar surface area (TPSA) is 54.5 Å². The molecule has 1 heterocycles. The SMILES string of the molecule is C=CCN(C(=O)[C@@H]1[C@@H](C=C(C)C)C1(C)C)[C@@H]1CCS(=O)(=O)C1. The van der Waals surface area contributed by atoms with Crippen LogP contribution in [0.15, 0.2) is 24.3 Å². The Labute approximate surface area is 134 Å². The molecule has 2 fully saturated rings. The maximum atomic E-state index is 13.0. The summed E-state index contributed by atoms with van der Waals surface area (Å²) in [5, 5.41) is 0. The summed E-state index contributed by atoms with van der Waals surface area (Å²) in [5.41, 5.74) is 1.16. The number of allylic oxidation sites excluding steroid dienone is 2. The van der Waals surface area contributed by atoms with Gasteiger partial charge in [0.05, 0.1) is 17.4 Å². The zero-order valence-corrected chi connectivity index (χ0v) is 14.8. The van der Waals surface area contributed by atoms with Gasteiger partial charge in [-0.1, -0.05) is 31.6 Å². The maximum absolute atomic E-state index is 13.0. The summed E-state index contributed by atoms with van der Waals surface area (Å²) in [4.78, 5) is 14.7. The molecule has 0 unspecified atom stereocenters. The fraction of sp³-hybridized carbons (Fsp3) is 0.706. The highest BCUT2D eigenvalue weighted by Crippen LogP contribution is 2.60. The summed E-state index contributed by atoms with van der Waals surface area (Å²) in [7, 11) is -3.00. The lowest BCUT2D eigenvalue weighted by atomic mass is 10.1. The van der Waals surface area contributed by atoms with Crippen molar-refractivity contribution in [1.82, 2.24) is 4.90 Å². The summed E-state index contributed by atoms with van der Waals surface area (Å²) in [6.45, 7) is 12.4. The van der Waals surface area contributed by atoms with Gasteiger partial charge in [0.15, 0.2) is 9.84 Å². The van der Waals surface area contributed by atoms with Crippen LogP contribution in [-0.4, -0.2) is 43.3 Å². The minimum atomic E-state index is -3.00. The van der Waals surface area contributed by atoms with E-state index in [4.69, 9.17) is 0 Å². The van der Waals surface area contributed by atoms with Crippen LogP contribution < -0.4 is 0 Å². The van der Waals surface area contributed by atoms with Crippen LogP contribution in [0.1, 0.15) is 34.1 Å². The van der Waals surface area contributed by atoms with E-state index in [2.05, 4.69) is 26.5 Å². The van der Waals surface area contributed by atoms with E-state index in [0.29, 0.717) is 13.0 Å². The molecule has 0 aromatic rings. The summed E-state index contributed by atoms with van der Waals surface area (Å²) in [5.74, 6) is 0.548. The highest BCUT2D eigenvalue weighted by atomic mass is 32.2. The van der Waals surface area contributed by atoms with Crippen LogP contribution in [0.4, 0.5) is 0 Å². The lowest BCUT2D eigenvalue weighted by Crippen LogP contribution is -2.42. The molecule has 0 aromatic heterocycles. The predicted molar refractivity (Wildman–Crippen MR) is 89.2 cm³/mol. The van der Waals surface area contributed by atoms with Crippen molar-refractivity contribution < 1.29 is 13.2 Å². The minimum absolute atomic E-state index is 0.0503. The summed E-state index contributed by atoms with van der Waals surface area (Å²) in [6.07, 6.45) is 4.40. The van der Waals surface area contributed by atoms with Gasteiger partial charge >= 0.3 is 0 Å². The molecule has 1 amide bonds. The molecule has 1 saturated heterocycles. The fourth-order valence-corrected chi connectivity index (χ4v) is 5.31. The molecule has 0 bridgehead atoms. The number of carbonyl (C=O) groups excluding carboxylic acids is 1. The second-order valence-corrected chi connectivity index (χ2v) is 9.63. The van der Waals surface area contributed by atoms with Crippen molar-refractivity contribution in [3.8, 4) is 0 Å². The van der Waals surface area contributed by atoms with Crippen molar-refractivity contribution in [3.05, 3.63) is 24.3 Å². The lowest BCUT2D eigenvalue weighted by molar-refractivity contribution is -0.134. The second kappa shape index (κ2) is 5.84. The number of sulfone groups is 1. The molecule has 1 saturated carbocycles. The van der Waals surface area contributed by atoms with E-state index in [1.165, 1.54) is 5.57 Å². The molecule has 0 N–H and O–H groups in total. The molecular weight excluding hydrogens is 298 g/mol. The van der Waals surface area contributed by atoms with E-state index >= 15 is 0 Å². The standard InChI is InChI=1S/C17H27NO3S/c1-6-8-18(13-7-9-22(20,21)11-13)16(19)15-14(10-12(2)3)17(15,4)5/h6,10,13-15H,1,7-9,11H2,2-5H3/t13-,14-,15+/m1/s1. The number of amides is 1. The first kappa shape index (κ1) is 17.3. The van der Waals surface area contributed by atoms with Gasteiger partial charge in [-0.05, 0) is 31.6 Å². The predicted octanol–water partition coefficient (Wildman–Crippen LogP) is 2.43. The van der Waals surface area contributed by atoms with Crippen LogP contribution >= 0.6 is 0 Å². The smallest absolute Gasteiger partial charge is 0.227 e. The van der Waals surface area contributed by atoms with Crippen LogP contribution in [0.2, 0.25) is 0 Å². The van der Waals surface area contributed by atoms with Crippen molar-refractivity contribution >= 4 is 15.7 Å². The molecule has 1 aliphatic carbocycles. The third kappa shape index (κ3) is 3.29. The first-order chi connectivity index (χ1) is 10.1. The van der Waals surface area contributed by atoms with Crippen molar-refractivity contribution in [3.63, 3.8) is 0 Å². The summed E-state index contributed by atoms with van der Waals surface area (Å²) in [6, 6.07) is -0.195. The number of hydrogen-bond donors (Lipinski definition) is 0. The Morgan fingerprint density at radius 3 is 2.45 bits per heavy atom. The zero-order valence-electron chi connectivity index (χ0n) is 14.0. The molecule has 2 rings (SSSR count). The first-order valence-electron chi connectivity index (χ1n) is 7.87. The highest BCUT2D eigenvalue weighted by Gasteiger charge is 2.61. The number of nitrogens with zero attached hydrogens (tertiary/aromatic N) is 1. The lowest BCUT2D eigenvalue weighted by Gasteiger charge is -2.27. The van der Waals surface area contributed by atoms with Gasteiger partial charge in [-0.15, -0.1) is 6.58 Å².